The molecular formula is C14H17ClO2S. The minimum absolute atomic E-state index is 0.521. The van der Waals surface area contributed by atoms with Crippen LogP contribution in [0.15, 0.2) is 29.2 Å². The number of hydrogen-bond donors (Lipinski definition) is 1. The van der Waals surface area contributed by atoms with E-state index in [-0.39, 0.29) is 0 Å². The van der Waals surface area contributed by atoms with Gasteiger partial charge < -0.3 is 5.11 Å². The number of hydrogen-bond acceptors (Lipinski definition) is 2. The Kier molecular flexibility index (Phi) is 3.93. The van der Waals surface area contributed by atoms with E-state index in [4.69, 9.17) is 11.6 Å². The SMILES string of the molecule is CC(C)C1CC(Sc2cccc(Cl)c2)(C(=O)O)C1. The van der Waals surface area contributed by atoms with Crippen molar-refractivity contribution in [3.63, 3.8) is 0 Å². The van der Waals surface area contributed by atoms with Crippen molar-refractivity contribution in [1.82, 2.24) is 0 Å². The van der Waals surface area contributed by atoms with E-state index in [0.717, 1.165) is 17.7 Å². The van der Waals surface area contributed by atoms with Crippen LogP contribution in [-0.2, 0) is 4.79 Å². The van der Waals surface area contributed by atoms with Gasteiger partial charge in [0.15, 0.2) is 0 Å². The molecule has 18 heavy (non-hydrogen) atoms. The van der Waals surface area contributed by atoms with Crippen molar-refractivity contribution in [2.75, 3.05) is 0 Å². The molecule has 1 saturated carbocycles. The second-order valence-electron chi connectivity index (χ2n) is 5.27. The van der Waals surface area contributed by atoms with E-state index >= 15 is 0 Å². The normalized spacial score (nSPS) is 27.0. The molecule has 1 N–H and O–H groups in total. The summed E-state index contributed by atoms with van der Waals surface area (Å²) in [5.74, 6) is 0.370. The van der Waals surface area contributed by atoms with Gasteiger partial charge in [0.2, 0.25) is 0 Å². The standard InChI is InChI=1S/C14H17ClO2S/c1-9(2)10-7-14(8-10,13(16)17)18-12-5-3-4-11(15)6-12/h3-6,9-10H,7-8H2,1-2H3,(H,16,17). The third-order valence-electron chi connectivity index (χ3n) is 3.63. The van der Waals surface area contributed by atoms with E-state index in [1.807, 2.05) is 18.2 Å². The maximum absolute atomic E-state index is 11.5. The summed E-state index contributed by atoms with van der Waals surface area (Å²) in [4.78, 5) is 12.4. The number of carboxylic acids is 1. The number of carbonyl (C=O) groups is 1. The van der Waals surface area contributed by atoms with Gasteiger partial charge in [-0.3, -0.25) is 4.79 Å². The van der Waals surface area contributed by atoms with Gasteiger partial charge in [0.1, 0.15) is 4.75 Å². The molecule has 0 radical (unpaired) electrons. The zero-order valence-corrected chi connectivity index (χ0v) is 12.1. The van der Waals surface area contributed by atoms with E-state index in [1.165, 1.54) is 11.8 Å². The van der Waals surface area contributed by atoms with E-state index < -0.39 is 10.7 Å². The summed E-state index contributed by atoms with van der Waals surface area (Å²) in [6.45, 7) is 4.31. The van der Waals surface area contributed by atoms with Crippen molar-refractivity contribution in [3.05, 3.63) is 29.3 Å². The van der Waals surface area contributed by atoms with Crippen LogP contribution in [-0.4, -0.2) is 15.8 Å². The molecule has 0 atom stereocenters. The second kappa shape index (κ2) is 5.14. The van der Waals surface area contributed by atoms with Crippen LogP contribution in [0.5, 0.6) is 0 Å². The van der Waals surface area contributed by atoms with Gasteiger partial charge in [-0.05, 0) is 42.9 Å². The van der Waals surface area contributed by atoms with Gasteiger partial charge in [-0.25, -0.2) is 0 Å². The van der Waals surface area contributed by atoms with Crippen LogP contribution < -0.4 is 0 Å². The topological polar surface area (TPSA) is 37.3 Å². The van der Waals surface area contributed by atoms with Gasteiger partial charge in [-0.1, -0.05) is 31.5 Å². The zero-order valence-electron chi connectivity index (χ0n) is 10.5. The molecule has 0 saturated heterocycles. The quantitative estimate of drug-likeness (QED) is 0.894. The van der Waals surface area contributed by atoms with Gasteiger partial charge >= 0.3 is 5.97 Å². The Labute approximate surface area is 117 Å². The maximum atomic E-state index is 11.5. The van der Waals surface area contributed by atoms with Crippen molar-refractivity contribution >= 4 is 29.3 Å². The Morgan fingerprint density at radius 2 is 2.17 bits per heavy atom. The fraction of sp³-hybridized carbons (Fsp3) is 0.500. The van der Waals surface area contributed by atoms with Crippen LogP contribution >= 0.6 is 23.4 Å². The molecule has 1 aromatic carbocycles. The van der Waals surface area contributed by atoms with Crippen molar-refractivity contribution in [2.24, 2.45) is 11.8 Å². The molecule has 0 unspecified atom stereocenters. The molecule has 1 fully saturated rings. The van der Waals surface area contributed by atoms with E-state index in [2.05, 4.69) is 13.8 Å². The Morgan fingerprint density at radius 3 is 2.67 bits per heavy atom. The number of carboxylic acid groups (broad SMARTS) is 1. The highest BCUT2D eigenvalue weighted by molar-refractivity contribution is 8.01. The summed E-state index contributed by atoms with van der Waals surface area (Å²) in [6, 6.07) is 7.42. The Bertz CT molecular complexity index is 453. The molecule has 0 spiro atoms. The molecule has 0 aliphatic heterocycles. The number of rotatable bonds is 4. The zero-order chi connectivity index (χ0) is 13.3. The van der Waals surface area contributed by atoms with Gasteiger partial charge in [0.25, 0.3) is 0 Å². The van der Waals surface area contributed by atoms with Gasteiger partial charge in [0, 0.05) is 9.92 Å². The van der Waals surface area contributed by atoms with Crippen LogP contribution in [0.4, 0.5) is 0 Å². The molecule has 1 aromatic rings. The van der Waals surface area contributed by atoms with Crippen LogP contribution in [0.2, 0.25) is 5.02 Å². The van der Waals surface area contributed by atoms with Gasteiger partial charge in [-0.2, -0.15) is 0 Å². The molecule has 1 aliphatic carbocycles. The van der Waals surface area contributed by atoms with E-state index in [9.17, 15) is 9.90 Å². The first kappa shape index (κ1) is 13.8. The summed E-state index contributed by atoms with van der Waals surface area (Å²) >= 11 is 7.37. The summed E-state index contributed by atoms with van der Waals surface area (Å²) in [5, 5.41) is 10.1. The Balaban J connectivity index is 2.12. The molecule has 0 heterocycles. The maximum Gasteiger partial charge on any atom is 0.320 e. The van der Waals surface area contributed by atoms with E-state index in [0.29, 0.717) is 16.9 Å². The highest BCUT2D eigenvalue weighted by atomic mass is 35.5. The van der Waals surface area contributed by atoms with Gasteiger partial charge in [-0.15, -0.1) is 11.8 Å². The van der Waals surface area contributed by atoms with Crippen molar-refractivity contribution in [3.8, 4) is 0 Å². The Morgan fingerprint density at radius 1 is 1.50 bits per heavy atom. The minimum atomic E-state index is -0.704. The third kappa shape index (κ3) is 2.67. The van der Waals surface area contributed by atoms with Gasteiger partial charge in [0.05, 0.1) is 0 Å². The van der Waals surface area contributed by atoms with Crippen LogP contribution in [0.1, 0.15) is 26.7 Å². The molecule has 2 rings (SSSR count). The fourth-order valence-corrected chi connectivity index (χ4v) is 4.04. The number of aliphatic carboxylic acids is 1. The average molecular weight is 285 g/mol. The summed E-state index contributed by atoms with van der Waals surface area (Å²) in [5.41, 5.74) is 0. The molecule has 2 nitrogen and oxygen atoms in total. The van der Waals surface area contributed by atoms with Crippen molar-refractivity contribution in [1.29, 1.82) is 0 Å². The lowest BCUT2D eigenvalue weighted by Gasteiger charge is -2.45. The minimum Gasteiger partial charge on any atom is -0.480 e. The highest BCUT2D eigenvalue weighted by Crippen LogP contribution is 2.53. The lowest BCUT2D eigenvalue weighted by Crippen LogP contribution is -2.49. The van der Waals surface area contributed by atoms with Crippen LogP contribution in [0, 0.1) is 11.8 Å². The lowest BCUT2D eigenvalue weighted by molar-refractivity contribution is -0.144. The fourth-order valence-electron chi connectivity index (χ4n) is 2.32. The molecular weight excluding hydrogens is 268 g/mol. The predicted octanol–water partition coefficient (Wildman–Crippen LogP) is 4.32. The van der Waals surface area contributed by atoms with Crippen LogP contribution in [0.25, 0.3) is 0 Å². The average Bonchev–Trinajstić information content (AvgIpc) is 2.21. The molecule has 98 valence electrons. The summed E-state index contributed by atoms with van der Waals surface area (Å²) in [7, 11) is 0. The summed E-state index contributed by atoms with van der Waals surface area (Å²) in [6.07, 6.45) is 1.49. The summed E-state index contributed by atoms with van der Waals surface area (Å²) < 4.78 is -0.653. The van der Waals surface area contributed by atoms with E-state index in [1.54, 1.807) is 6.07 Å². The largest absolute Gasteiger partial charge is 0.480 e. The second-order valence-corrected chi connectivity index (χ2v) is 7.16. The smallest absolute Gasteiger partial charge is 0.320 e. The van der Waals surface area contributed by atoms with Crippen LogP contribution in [0.3, 0.4) is 0 Å². The first-order valence-electron chi connectivity index (χ1n) is 6.11. The first-order valence-corrected chi connectivity index (χ1v) is 7.30. The van der Waals surface area contributed by atoms with Crippen molar-refractivity contribution < 1.29 is 9.90 Å². The molecule has 0 amide bonds. The lowest BCUT2D eigenvalue weighted by atomic mass is 9.69. The first-order chi connectivity index (χ1) is 8.43. The number of benzene rings is 1. The predicted molar refractivity (Wildman–Crippen MR) is 75.2 cm³/mol. The Hall–Kier alpha value is -0.670. The molecule has 0 aromatic heterocycles. The third-order valence-corrected chi connectivity index (χ3v) is 5.25. The number of halogens is 1. The van der Waals surface area contributed by atoms with Crippen molar-refractivity contribution in [2.45, 2.75) is 36.3 Å². The molecule has 0 bridgehead atoms. The molecule has 1 aliphatic rings. The molecule has 4 heteroatoms. The highest BCUT2D eigenvalue weighted by Gasteiger charge is 2.52. The number of thioether (sulfide) groups is 1. The monoisotopic (exact) mass is 284 g/mol.